The van der Waals surface area contributed by atoms with Crippen LogP contribution < -0.4 is 0 Å². The van der Waals surface area contributed by atoms with E-state index in [1.165, 1.54) is 7.11 Å². The van der Waals surface area contributed by atoms with Gasteiger partial charge in [-0.2, -0.15) is 18.3 Å². The summed E-state index contributed by atoms with van der Waals surface area (Å²) in [5.74, 6) is -1.36. The molecule has 3 rings (SSSR count). The quantitative estimate of drug-likeness (QED) is 0.577. The second kappa shape index (κ2) is 7.90. The summed E-state index contributed by atoms with van der Waals surface area (Å²) in [6.45, 7) is 3.16. The summed E-state index contributed by atoms with van der Waals surface area (Å²) in [5.41, 5.74) is 0.241. The normalized spacial score (nSPS) is 18.3. The van der Waals surface area contributed by atoms with Gasteiger partial charge < -0.3 is 4.74 Å². The van der Waals surface area contributed by atoms with Gasteiger partial charge in [0, 0.05) is 19.3 Å². The molecule has 1 aromatic carbocycles. The van der Waals surface area contributed by atoms with Crippen LogP contribution in [0.25, 0.3) is 0 Å². The van der Waals surface area contributed by atoms with Crippen molar-refractivity contribution in [3.8, 4) is 0 Å². The second-order valence-electron chi connectivity index (χ2n) is 6.98. The lowest BCUT2D eigenvalue weighted by molar-refractivity contribution is -0.137. The fraction of sp³-hybridized carbons (Fsp3) is 0.474. The van der Waals surface area contributed by atoms with Gasteiger partial charge in [0.15, 0.2) is 0 Å². The monoisotopic (exact) mass is 399 g/mol. The third-order valence-corrected chi connectivity index (χ3v) is 4.87. The van der Waals surface area contributed by atoms with Gasteiger partial charge in [-0.05, 0) is 50.1 Å². The highest BCUT2D eigenvalue weighted by molar-refractivity contribution is 5.90. The molecule has 0 N–H and O–H groups in total. The van der Waals surface area contributed by atoms with Gasteiger partial charge in [0.05, 0.1) is 24.4 Å². The molecule has 1 aliphatic heterocycles. The maximum Gasteiger partial charge on any atom is 0.416 e. The van der Waals surface area contributed by atoms with Crippen molar-refractivity contribution in [1.29, 1.82) is 0 Å². The number of alkyl halides is 3. The fourth-order valence-electron chi connectivity index (χ4n) is 3.53. The van der Waals surface area contributed by atoms with Crippen molar-refractivity contribution in [3.05, 3.63) is 52.6 Å². The Kier molecular flexibility index (Phi) is 5.74. The second-order valence-corrected chi connectivity index (χ2v) is 6.98. The number of hydrogen-bond donors (Lipinski definition) is 0. The van der Waals surface area contributed by atoms with Gasteiger partial charge in [-0.25, -0.2) is 9.18 Å². The molecule has 152 valence electrons. The van der Waals surface area contributed by atoms with Gasteiger partial charge in [-0.3, -0.25) is 9.58 Å². The number of rotatable bonds is 4. The van der Waals surface area contributed by atoms with E-state index in [0.29, 0.717) is 30.4 Å². The predicted molar refractivity (Wildman–Crippen MR) is 93.3 cm³/mol. The van der Waals surface area contributed by atoms with E-state index in [1.807, 2.05) is 4.90 Å². The summed E-state index contributed by atoms with van der Waals surface area (Å²) in [7, 11) is 1.30. The molecule has 9 heteroatoms. The highest BCUT2D eigenvalue weighted by Gasteiger charge is 2.32. The zero-order valence-electron chi connectivity index (χ0n) is 15.6. The molecule has 0 aliphatic carbocycles. The number of likely N-dealkylation sites (tertiary alicyclic amines) is 1. The summed E-state index contributed by atoms with van der Waals surface area (Å²) >= 11 is 0. The maximum atomic E-state index is 13.6. The minimum atomic E-state index is -4.59. The third-order valence-electron chi connectivity index (χ3n) is 4.87. The Morgan fingerprint density at radius 1 is 1.32 bits per heavy atom. The summed E-state index contributed by atoms with van der Waals surface area (Å²) < 4.78 is 58.8. The molecule has 1 aliphatic rings. The van der Waals surface area contributed by atoms with E-state index >= 15 is 0 Å². The zero-order chi connectivity index (χ0) is 20.5. The average molecular weight is 399 g/mol. The van der Waals surface area contributed by atoms with Crippen molar-refractivity contribution in [2.45, 2.75) is 38.5 Å². The number of esters is 1. The van der Waals surface area contributed by atoms with Crippen molar-refractivity contribution >= 4 is 5.97 Å². The molecule has 0 saturated carbocycles. The van der Waals surface area contributed by atoms with Crippen LogP contribution in [-0.2, 0) is 17.5 Å². The molecule has 1 unspecified atom stereocenters. The Morgan fingerprint density at radius 2 is 2.07 bits per heavy atom. The maximum absolute atomic E-state index is 13.6. The molecule has 1 aromatic heterocycles. The summed E-state index contributed by atoms with van der Waals surface area (Å²) in [4.78, 5) is 13.7. The number of hydrogen-bond acceptors (Lipinski definition) is 4. The van der Waals surface area contributed by atoms with E-state index in [1.54, 1.807) is 17.8 Å². The molecule has 0 amide bonds. The number of carbonyl (C=O) groups is 1. The Hall–Kier alpha value is -2.42. The topological polar surface area (TPSA) is 47.4 Å². The van der Waals surface area contributed by atoms with Crippen LogP contribution in [0.1, 0.15) is 46.1 Å². The van der Waals surface area contributed by atoms with Crippen LogP contribution in [-0.4, -0.2) is 40.8 Å². The number of aromatic nitrogens is 2. The summed E-state index contributed by atoms with van der Waals surface area (Å²) in [6.07, 6.45) is -1.30. The molecule has 5 nitrogen and oxygen atoms in total. The molecule has 0 bridgehead atoms. The molecule has 1 saturated heterocycles. The van der Waals surface area contributed by atoms with Crippen molar-refractivity contribution in [3.63, 3.8) is 0 Å². The number of methoxy groups -OCH3 is 1. The van der Waals surface area contributed by atoms with Crippen LogP contribution in [0.15, 0.2) is 24.4 Å². The molecule has 2 aromatic rings. The minimum Gasteiger partial charge on any atom is -0.465 e. The molecule has 1 fully saturated rings. The zero-order valence-corrected chi connectivity index (χ0v) is 15.6. The van der Waals surface area contributed by atoms with E-state index in [-0.39, 0.29) is 18.2 Å². The Balaban J connectivity index is 1.74. The number of benzene rings is 1. The van der Waals surface area contributed by atoms with Gasteiger partial charge in [-0.1, -0.05) is 0 Å². The van der Waals surface area contributed by atoms with E-state index in [0.717, 1.165) is 25.0 Å². The Labute approximate surface area is 159 Å². The third kappa shape index (κ3) is 4.52. The highest BCUT2D eigenvalue weighted by atomic mass is 19.4. The molecule has 28 heavy (non-hydrogen) atoms. The minimum absolute atomic E-state index is 0.0264. The largest absolute Gasteiger partial charge is 0.465 e. The predicted octanol–water partition coefficient (Wildman–Crippen LogP) is 3.97. The van der Waals surface area contributed by atoms with Crippen molar-refractivity contribution in [2.24, 2.45) is 0 Å². The first-order valence-corrected chi connectivity index (χ1v) is 8.90. The van der Waals surface area contributed by atoms with E-state index in [4.69, 9.17) is 4.74 Å². The van der Waals surface area contributed by atoms with E-state index in [2.05, 4.69) is 5.10 Å². The fourth-order valence-corrected chi connectivity index (χ4v) is 3.53. The lowest BCUT2D eigenvalue weighted by Crippen LogP contribution is -2.36. The number of aryl methyl sites for hydroxylation is 1. The average Bonchev–Trinajstić information content (AvgIpc) is 3.02. The smallest absolute Gasteiger partial charge is 0.416 e. The summed E-state index contributed by atoms with van der Waals surface area (Å²) in [6, 6.07) is 2.59. The lowest BCUT2D eigenvalue weighted by atomic mass is 10.0. The number of nitrogens with zero attached hydrogens (tertiary/aromatic N) is 3. The van der Waals surface area contributed by atoms with Crippen LogP contribution in [0.2, 0.25) is 0 Å². The molecular formula is C19H21F4N3O2. The number of halogens is 4. The van der Waals surface area contributed by atoms with Gasteiger partial charge >= 0.3 is 12.1 Å². The molecule has 2 heterocycles. The first kappa shape index (κ1) is 20.3. The van der Waals surface area contributed by atoms with E-state index < -0.39 is 23.5 Å². The first-order valence-electron chi connectivity index (χ1n) is 8.90. The Morgan fingerprint density at radius 3 is 2.75 bits per heavy atom. The van der Waals surface area contributed by atoms with Crippen molar-refractivity contribution < 1.29 is 27.1 Å². The van der Waals surface area contributed by atoms with Gasteiger partial charge in [0.1, 0.15) is 11.4 Å². The summed E-state index contributed by atoms with van der Waals surface area (Å²) in [5, 5.41) is 4.39. The van der Waals surface area contributed by atoms with Crippen LogP contribution in [0.5, 0.6) is 0 Å². The first-order chi connectivity index (χ1) is 13.2. The standard InChI is InChI=1S/C19H21F4N3O2/c1-12-17(18(27)28-2)11-26(24-12)16-4-3-5-25(10-16)9-13-6-14(19(21,22)23)8-15(20)7-13/h6-8,11,16H,3-5,9-10H2,1-2H3. The molecular weight excluding hydrogens is 378 g/mol. The lowest BCUT2D eigenvalue weighted by Gasteiger charge is -2.33. The van der Waals surface area contributed by atoms with Gasteiger partial charge in [0.25, 0.3) is 0 Å². The van der Waals surface area contributed by atoms with Crippen molar-refractivity contribution in [1.82, 2.24) is 14.7 Å². The van der Waals surface area contributed by atoms with Crippen LogP contribution >= 0.6 is 0 Å². The van der Waals surface area contributed by atoms with Gasteiger partial charge in [0.2, 0.25) is 0 Å². The molecule has 0 radical (unpaired) electrons. The van der Waals surface area contributed by atoms with Crippen LogP contribution in [0.3, 0.4) is 0 Å². The number of piperidine rings is 1. The molecule has 0 spiro atoms. The number of carbonyl (C=O) groups excluding carboxylic acids is 1. The molecule has 1 atom stereocenters. The van der Waals surface area contributed by atoms with Crippen molar-refractivity contribution in [2.75, 3.05) is 20.2 Å². The van der Waals surface area contributed by atoms with Crippen LogP contribution in [0.4, 0.5) is 17.6 Å². The van der Waals surface area contributed by atoms with E-state index in [9.17, 15) is 22.4 Å². The Bertz CT molecular complexity index is 863. The number of ether oxygens (including phenoxy) is 1. The highest BCUT2D eigenvalue weighted by Crippen LogP contribution is 2.31. The SMILES string of the molecule is COC(=O)c1cn(C2CCCN(Cc3cc(F)cc(C(F)(F)F)c3)C2)nc1C. The van der Waals surface area contributed by atoms with Gasteiger partial charge in [-0.15, -0.1) is 0 Å². The van der Waals surface area contributed by atoms with Crippen LogP contribution in [0, 0.1) is 12.7 Å².